The van der Waals surface area contributed by atoms with Crippen molar-refractivity contribution in [2.24, 2.45) is 0 Å². The fourth-order valence-corrected chi connectivity index (χ4v) is 2.57. The molecule has 0 amide bonds. The number of aryl methyl sites for hydroxylation is 1. The zero-order valence-corrected chi connectivity index (χ0v) is 13.2. The fraction of sp³-hybridized carbons (Fsp3) is 0.0833. The normalized spacial score (nSPS) is 10.4. The number of benzene rings is 1. The number of hydrogen-bond donors (Lipinski definition) is 0. The summed E-state index contributed by atoms with van der Waals surface area (Å²) in [5.74, 6) is -0.775. The lowest BCUT2D eigenvalue weighted by Gasteiger charge is -2.08. The Bertz CT molecular complexity index is 695. The number of rotatable bonds is 3. The van der Waals surface area contributed by atoms with Crippen molar-refractivity contribution in [3.63, 3.8) is 0 Å². The van der Waals surface area contributed by atoms with Crippen LogP contribution in [0.2, 0.25) is 0 Å². The van der Waals surface area contributed by atoms with Crippen molar-refractivity contribution in [3.05, 3.63) is 54.8 Å². The van der Waals surface area contributed by atoms with Gasteiger partial charge in [-0.25, -0.2) is 9.37 Å². The summed E-state index contributed by atoms with van der Waals surface area (Å²) in [6.07, 6.45) is 1.50. The van der Waals surface area contributed by atoms with Crippen LogP contribution >= 0.6 is 31.9 Å². The number of halogens is 3. The SMILES string of the molecule is Cc1cc(Oc2ncc(Br)cc2Br)c(F)cc1[N+](=O)[O-]. The summed E-state index contributed by atoms with van der Waals surface area (Å²) in [5.41, 5.74) is 0.0114. The van der Waals surface area contributed by atoms with Gasteiger partial charge in [0, 0.05) is 16.2 Å². The van der Waals surface area contributed by atoms with Gasteiger partial charge in [-0.2, -0.15) is 0 Å². The third-order valence-corrected chi connectivity index (χ3v) is 3.43. The molecule has 5 nitrogen and oxygen atoms in total. The molecule has 2 rings (SSSR count). The van der Waals surface area contributed by atoms with Gasteiger partial charge < -0.3 is 4.74 Å². The molecule has 0 aliphatic carbocycles. The molecule has 0 aliphatic rings. The zero-order chi connectivity index (χ0) is 14.9. The molecule has 2 aromatic rings. The molecule has 0 saturated carbocycles. The Hall–Kier alpha value is -1.54. The van der Waals surface area contributed by atoms with Crippen molar-refractivity contribution in [3.8, 4) is 11.6 Å². The number of pyridine rings is 1. The Morgan fingerprint density at radius 2 is 2.05 bits per heavy atom. The van der Waals surface area contributed by atoms with E-state index in [9.17, 15) is 14.5 Å². The van der Waals surface area contributed by atoms with E-state index in [0.29, 0.717) is 10.0 Å². The summed E-state index contributed by atoms with van der Waals surface area (Å²) in [7, 11) is 0. The Labute approximate surface area is 130 Å². The van der Waals surface area contributed by atoms with Crippen molar-refractivity contribution in [2.75, 3.05) is 0 Å². The Morgan fingerprint density at radius 1 is 1.35 bits per heavy atom. The Balaban J connectivity index is 2.39. The van der Waals surface area contributed by atoms with Crippen LogP contribution in [-0.2, 0) is 0 Å². The largest absolute Gasteiger partial charge is 0.435 e. The third kappa shape index (κ3) is 3.13. The minimum atomic E-state index is -0.820. The van der Waals surface area contributed by atoms with E-state index in [2.05, 4.69) is 36.8 Å². The van der Waals surface area contributed by atoms with Gasteiger partial charge in [0.1, 0.15) is 0 Å². The maximum absolute atomic E-state index is 13.8. The van der Waals surface area contributed by atoms with Crippen LogP contribution in [0.3, 0.4) is 0 Å². The van der Waals surface area contributed by atoms with E-state index in [1.807, 2.05) is 0 Å². The first kappa shape index (κ1) is 14.9. The standard InChI is InChI=1S/C12H7Br2FN2O3/c1-6-2-11(9(15)4-10(6)17(18)19)20-12-8(14)3-7(13)5-16-12/h2-5H,1H3. The first-order valence-electron chi connectivity index (χ1n) is 5.32. The number of nitrogens with zero attached hydrogens (tertiary/aromatic N) is 2. The van der Waals surface area contributed by atoms with Crippen LogP contribution in [0.15, 0.2) is 33.3 Å². The number of nitro benzene ring substituents is 1. The van der Waals surface area contributed by atoms with Gasteiger partial charge in [-0.3, -0.25) is 10.1 Å². The predicted octanol–water partition coefficient (Wildman–Crippen LogP) is 4.75. The van der Waals surface area contributed by atoms with E-state index < -0.39 is 10.7 Å². The van der Waals surface area contributed by atoms with E-state index in [-0.39, 0.29) is 17.3 Å². The highest BCUT2D eigenvalue weighted by atomic mass is 79.9. The molecule has 0 aliphatic heterocycles. The van der Waals surface area contributed by atoms with Gasteiger partial charge in [-0.1, -0.05) is 0 Å². The summed E-state index contributed by atoms with van der Waals surface area (Å²) in [5, 5.41) is 10.7. The summed E-state index contributed by atoms with van der Waals surface area (Å²) in [4.78, 5) is 14.1. The Morgan fingerprint density at radius 3 is 2.65 bits per heavy atom. The molecule has 0 radical (unpaired) electrons. The lowest BCUT2D eigenvalue weighted by Crippen LogP contribution is -1.97. The summed E-state index contributed by atoms with van der Waals surface area (Å²) < 4.78 is 20.4. The van der Waals surface area contributed by atoms with Crippen molar-refractivity contribution >= 4 is 37.5 Å². The quantitative estimate of drug-likeness (QED) is 0.545. The second-order valence-corrected chi connectivity index (χ2v) is 5.64. The van der Waals surface area contributed by atoms with Crippen LogP contribution < -0.4 is 4.74 Å². The topological polar surface area (TPSA) is 65.3 Å². The zero-order valence-electron chi connectivity index (χ0n) is 10.1. The van der Waals surface area contributed by atoms with Crippen LogP contribution in [-0.4, -0.2) is 9.91 Å². The molecule has 0 unspecified atom stereocenters. The molecular formula is C12H7Br2FN2O3. The molecule has 0 bridgehead atoms. The summed E-state index contributed by atoms with van der Waals surface area (Å²) in [6, 6.07) is 3.79. The Kier molecular flexibility index (Phi) is 4.34. The molecular weight excluding hydrogens is 399 g/mol. The molecule has 0 saturated heterocycles. The van der Waals surface area contributed by atoms with Gasteiger partial charge in [0.15, 0.2) is 11.6 Å². The molecule has 0 spiro atoms. The smallest absolute Gasteiger partial charge is 0.275 e. The molecule has 0 fully saturated rings. The van der Waals surface area contributed by atoms with Gasteiger partial charge in [0.25, 0.3) is 5.69 Å². The second-order valence-electron chi connectivity index (χ2n) is 3.87. The highest BCUT2D eigenvalue weighted by molar-refractivity contribution is 9.11. The molecule has 0 atom stereocenters. The molecule has 20 heavy (non-hydrogen) atoms. The maximum atomic E-state index is 13.8. The highest BCUT2D eigenvalue weighted by Gasteiger charge is 2.17. The van der Waals surface area contributed by atoms with Crippen LogP contribution in [0, 0.1) is 22.9 Å². The lowest BCUT2D eigenvalue weighted by molar-refractivity contribution is -0.385. The van der Waals surface area contributed by atoms with E-state index >= 15 is 0 Å². The molecule has 1 heterocycles. The first-order chi connectivity index (χ1) is 9.38. The summed E-state index contributed by atoms with van der Waals surface area (Å²) >= 11 is 6.47. The maximum Gasteiger partial charge on any atom is 0.275 e. The second kappa shape index (κ2) is 5.84. The van der Waals surface area contributed by atoms with Gasteiger partial charge in [0.05, 0.1) is 15.5 Å². The number of ether oxygens (including phenoxy) is 1. The summed E-state index contributed by atoms with van der Waals surface area (Å²) in [6.45, 7) is 1.51. The van der Waals surface area contributed by atoms with Crippen LogP contribution in [0.25, 0.3) is 0 Å². The predicted molar refractivity (Wildman–Crippen MR) is 77.5 cm³/mol. The van der Waals surface area contributed by atoms with Gasteiger partial charge >= 0.3 is 0 Å². The lowest BCUT2D eigenvalue weighted by atomic mass is 10.2. The number of aromatic nitrogens is 1. The van der Waals surface area contributed by atoms with Gasteiger partial charge in [-0.05, 0) is 50.9 Å². The molecule has 1 aromatic carbocycles. The van der Waals surface area contributed by atoms with Crippen LogP contribution in [0.5, 0.6) is 11.6 Å². The van der Waals surface area contributed by atoms with Crippen molar-refractivity contribution < 1.29 is 14.1 Å². The average Bonchev–Trinajstić information content (AvgIpc) is 2.36. The molecule has 1 aromatic heterocycles. The van der Waals surface area contributed by atoms with Gasteiger partial charge in [0.2, 0.25) is 5.88 Å². The first-order valence-corrected chi connectivity index (χ1v) is 6.90. The minimum absolute atomic E-state index is 0.122. The van der Waals surface area contributed by atoms with Crippen LogP contribution in [0.4, 0.5) is 10.1 Å². The van der Waals surface area contributed by atoms with E-state index in [1.54, 1.807) is 6.07 Å². The van der Waals surface area contributed by atoms with Crippen molar-refractivity contribution in [1.29, 1.82) is 0 Å². The molecule has 8 heteroatoms. The van der Waals surface area contributed by atoms with Crippen LogP contribution in [0.1, 0.15) is 5.56 Å². The van der Waals surface area contributed by atoms with Crippen molar-refractivity contribution in [1.82, 2.24) is 4.98 Å². The van der Waals surface area contributed by atoms with Crippen molar-refractivity contribution in [2.45, 2.75) is 6.92 Å². The highest BCUT2D eigenvalue weighted by Crippen LogP contribution is 2.33. The molecule has 104 valence electrons. The minimum Gasteiger partial charge on any atom is -0.435 e. The molecule has 0 N–H and O–H groups in total. The monoisotopic (exact) mass is 404 g/mol. The number of hydrogen-bond acceptors (Lipinski definition) is 4. The number of nitro groups is 1. The van der Waals surface area contributed by atoms with Gasteiger partial charge in [-0.15, -0.1) is 0 Å². The van der Waals surface area contributed by atoms with E-state index in [4.69, 9.17) is 4.74 Å². The average molecular weight is 406 g/mol. The van der Waals surface area contributed by atoms with E-state index in [0.717, 1.165) is 10.5 Å². The third-order valence-electron chi connectivity index (χ3n) is 2.43. The fourth-order valence-electron chi connectivity index (χ4n) is 1.50. The van der Waals surface area contributed by atoms with E-state index in [1.165, 1.54) is 19.2 Å².